The predicted molar refractivity (Wildman–Crippen MR) is 74.6 cm³/mol. The summed E-state index contributed by atoms with van der Waals surface area (Å²) in [7, 11) is 1.92. The van der Waals surface area contributed by atoms with Gasteiger partial charge in [-0.2, -0.15) is 0 Å². The van der Waals surface area contributed by atoms with Gasteiger partial charge in [-0.25, -0.2) is 0 Å². The third-order valence-electron chi connectivity index (χ3n) is 3.63. The molecule has 2 rings (SSSR count). The number of likely N-dealkylation sites (N-methyl/N-ethyl adjacent to an activating group) is 1. The van der Waals surface area contributed by atoms with Gasteiger partial charge >= 0.3 is 0 Å². The zero-order valence-electron chi connectivity index (χ0n) is 10.3. The minimum atomic E-state index is -0.148. The van der Waals surface area contributed by atoms with E-state index in [0.29, 0.717) is 0 Å². The topological polar surface area (TPSA) is 35.5 Å². The number of aryl methyl sites for hydroxylation is 1. The van der Waals surface area contributed by atoms with Gasteiger partial charge in [-0.05, 0) is 54.0 Å². The largest absolute Gasteiger partial charge is 0.394 e. The molecule has 1 aromatic rings. The molecule has 0 saturated carbocycles. The summed E-state index contributed by atoms with van der Waals surface area (Å²) in [6, 6.07) is 6.40. The van der Waals surface area contributed by atoms with Gasteiger partial charge in [0.1, 0.15) is 0 Å². The van der Waals surface area contributed by atoms with Crippen molar-refractivity contribution in [3.8, 4) is 0 Å². The Morgan fingerprint density at radius 2 is 2.29 bits per heavy atom. The van der Waals surface area contributed by atoms with E-state index >= 15 is 0 Å². The third kappa shape index (κ3) is 2.49. The van der Waals surface area contributed by atoms with Crippen LogP contribution in [0.2, 0.25) is 0 Å². The van der Waals surface area contributed by atoms with Crippen LogP contribution in [-0.2, 0) is 0 Å². The van der Waals surface area contributed by atoms with E-state index in [-0.39, 0.29) is 12.1 Å². The number of rotatable bonds is 3. The lowest BCUT2D eigenvalue weighted by Gasteiger charge is -2.27. The number of benzene rings is 1. The van der Waals surface area contributed by atoms with Crippen LogP contribution in [0.3, 0.4) is 0 Å². The summed E-state index contributed by atoms with van der Waals surface area (Å²) in [6.45, 7) is 4.10. The highest BCUT2D eigenvalue weighted by molar-refractivity contribution is 9.10. The van der Waals surface area contributed by atoms with Crippen molar-refractivity contribution in [2.24, 2.45) is 0 Å². The molecule has 0 aliphatic carbocycles. The van der Waals surface area contributed by atoms with E-state index in [1.807, 2.05) is 7.05 Å². The highest BCUT2D eigenvalue weighted by Crippen LogP contribution is 2.32. The standard InChI is InChI=1S/C13H19BrN2O/c1-10-3-4-12(11(14)7-10)16-6-5-13(8-16,9-17)15-2/h3-4,7,15,17H,5-6,8-9H2,1-2H3. The van der Waals surface area contributed by atoms with E-state index in [0.717, 1.165) is 24.0 Å². The van der Waals surface area contributed by atoms with Crippen LogP contribution in [0.5, 0.6) is 0 Å². The lowest BCUT2D eigenvalue weighted by molar-refractivity contribution is 0.184. The smallest absolute Gasteiger partial charge is 0.0631 e. The molecule has 94 valence electrons. The quantitative estimate of drug-likeness (QED) is 0.895. The van der Waals surface area contributed by atoms with Crippen LogP contribution in [0, 0.1) is 6.92 Å². The second kappa shape index (κ2) is 4.96. The van der Waals surface area contributed by atoms with Crippen LogP contribution in [0.1, 0.15) is 12.0 Å². The van der Waals surface area contributed by atoms with E-state index in [1.54, 1.807) is 0 Å². The van der Waals surface area contributed by atoms with Gasteiger partial charge in [-0.3, -0.25) is 0 Å². The Morgan fingerprint density at radius 1 is 1.53 bits per heavy atom. The molecule has 1 atom stereocenters. The van der Waals surface area contributed by atoms with Crippen molar-refractivity contribution in [1.29, 1.82) is 0 Å². The molecule has 2 N–H and O–H groups in total. The van der Waals surface area contributed by atoms with Crippen LogP contribution < -0.4 is 10.2 Å². The zero-order valence-corrected chi connectivity index (χ0v) is 11.9. The van der Waals surface area contributed by atoms with Crippen molar-refractivity contribution >= 4 is 21.6 Å². The summed E-state index contributed by atoms with van der Waals surface area (Å²) in [5.41, 5.74) is 2.31. The Hall–Kier alpha value is -0.580. The third-order valence-corrected chi connectivity index (χ3v) is 4.27. The summed E-state index contributed by atoms with van der Waals surface area (Å²) in [5, 5.41) is 12.7. The van der Waals surface area contributed by atoms with Crippen molar-refractivity contribution in [2.45, 2.75) is 18.9 Å². The first-order chi connectivity index (χ1) is 8.10. The number of aliphatic hydroxyl groups excluding tert-OH is 1. The van der Waals surface area contributed by atoms with Crippen molar-refractivity contribution in [1.82, 2.24) is 5.32 Å². The first kappa shape index (κ1) is 12.9. The van der Waals surface area contributed by atoms with Crippen LogP contribution in [0.25, 0.3) is 0 Å². The first-order valence-electron chi connectivity index (χ1n) is 5.91. The number of halogens is 1. The van der Waals surface area contributed by atoms with Crippen molar-refractivity contribution in [2.75, 3.05) is 31.6 Å². The molecule has 1 aliphatic heterocycles. The van der Waals surface area contributed by atoms with Crippen LogP contribution in [0.4, 0.5) is 5.69 Å². The molecule has 1 aromatic carbocycles. The van der Waals surface area contributed by atoms with Crippen LogP contribution in [0.15, 0.2) is 22.7 Å². The second-order valence-electron chi connectivity index (χ2n) is 4.81. The number of nitrogens with zero attached hydrogens (tertiary/aromatic N) is 1. The molecule has 0 bridgehead atoms. The molecule has 0 amide bonds. The van der Waals surface area contributed by atoms with Gasteiger partial charge in [-0.15, -0.1) is 0 Å². The Morgan fingerprint density at radius 3 is 2.82 bits per heavy atom. The highest BCUT2D eigenvalue weighted by Gasteiger charge is 2.36. The van der Waals surface area contributed by atoms with Gasteiger partial charge in [0.05, 0.1) is 17.8 Å². The van der Waals surface area contributed by atoms with Gasteiger partial charge in [-0.1, -0.05) is 6.07 Å². The molecule has 1 unspecified atom stereocenters. The molecular weight excluding hydrogens is 280 g/mol. The Labute approximate surface area is 111 Å². The first-order valence-corrected chi connectivity index (χ1v) is 6.70. The molecule has 4 heteroatoms. The maximum Gasteiger partial charge on any atom is 0.0631 e. The second-order valence-corrected chi connectivity index (χ2v) is 5.67. The van der Waals surface area contributed by atoms with Gasteiger partial charge in [0, 0.05) is 17.6 Å². The van der Waals surface area contributed by atoms with Gasteiger partial charge in [0.25, 0.3) is 0 Å². The average Bonchev–Trinajstić information content (AvgIpc) is 2.74. The van der Waals surface area contributed by atoms with Gasteiger partial charge in [0.2, 0.25) is 0 Å². The summed E-state index contributed by atoms with van der Waals surface area (Å²) < 4.78 is 1.13. The maximum absolute atomic E-state index is 9.49. The number of hydrogen-bond donors (Lipinski definition) is 2. The summed E-state index contributed by atoms with van der Waals surface area (Å²) in [4.78, 5) is 2.32. The highest BCUT2D eigenvalue weighted by atomic mass is 79.9. The van der Waals surface area contributed by atoms with Crippen molar-refractivity contribution in [3.05, 3.63) is 28.2 Å². The van der Waals surface area contributed by atoms with E-state index < -0.39 is 0 Å². The Kier molecular flexibility index (Phi) is 3.76. The number of anilines is 1. The predicted octanol–water partition coefficient (Wildman–Crippen LogP) is 1.92. The molecule has 0 aromatic heterocycles. The fraction of sp³-hybridized carbons (Fsp3) is 0.538. The monoisotopic (exact) mass is 298 g/mol. The normalized spacial score (nSPS) is 24.4. The van der Waals surface area contributed by atoms with E-state index in [1.165, 1.54) is 11.3 Å². The minimum absolute atomic E-state index is 0.148. The molecule has 1 fully saturated rings. The molecule has 1 saturated heterocycles. The maximum atomic E-state index is 9.49. The van der Waals surface area contributed by atoms with E-state index in [9.17, 15) is 5.11 Å². The lowest BCUT2D eigenvalue weighted by Crippen LogP contribution is -2.48. The SMILES string of the molecule is CNC1(CO)CCN(c2ccc(C)cc2Br)C1. The molecule has 17 heavy (non-hydrogen) atoms. The molecule has 1 aliphatic rings. The van der Waals surface area contributed by atoms with Crippen LogP contribution >= 0.6 is 15.9 Å². The van der Waals surface area contributed by atoms with Crippen LogP contribution in [-0.4, -0.2) is 37.4 Å². The zero-order chi connectivity index (χ0) is 12.5. The Bertz CT molecular complexity index is 404. The van der Waals surface area contributed by atoms with E-state index in [4.69, 9.17) is 0 Å². The average molecular weight is 299 g/mol. The minimum Gasteiger partial charge on any atom is -0.394 e. The van der Waals surface area contributed by atoms with Crippen molar-refractivity contribution in [3.63, 3.8) is 0 Å². The fourth-order valence-corrected chi connectivity index (χ4v) is 3.10. The molecule has 3 nitrogen and oxygen atoms in total. The fourth-order valence-electron chi connectivity index (χ4n) is 2.36. The number of nitrogens with one attached hydrogen (secondary N) is 1. The van der Waals surface area contributed by atoms with Gasteiger partial charge in [0.15, 0.2) is 0 Å². The lowest BCUT2D eigenvalue weighted by atomic mass is 10.0. The summed E-state index contributed by atoms with van der Waals surface area (Å²) in [6.07, 6.45) is 0.973. The summed E-state index contributed by atoms with van der Waals surface area (Å²) >= 11 is 3.61. The Balaban J connectivity index is 2.20. The van der Waals surface area contributed by atoms with E-state index in [2.05, 4.69) is 51.3 Å². The molecule has 0 radical (unpaired) electrons. The van der Waals surface area contributed by atoms with Crippen molar-refractivity contribution < 1.29 is 5.11 Å². The number of aliphatic hydroxyl groups is 1. The molecular formula is C13H19BrN2O. The molecule has 1 heterocycles. The summed E-state index contributed by atoms with van der Waals surface area (Å²) in [5.74, 6) is 0. The molecule has 0 spiro atoms. The number of hydrogen-bond acceptors (Lipinski definition) is 3. The van der Waals surface area contributed by atoms with Gasteiger partial charge < -0.3 is 15.3 Å².